The molecular weight excluding hydrogens is 198 g/mol. The van der Waals surface area contributed by atoms with Crippen LogP contribution in [0, 0.1) is 0 Å². The van der Waals surface area contributed by atoms with Gasteiger partial charge in [0, 0.05) is 18.6 Å². The lowest BCUT2D eigenvalue weighted by atomic mass is 9.81. The average molecular weight is 219 g/mol. The molecule has 88 valence electrons. The van der Waals surface area contributed by atoms with Crippen LogP contribution in [0.3, 0.4) is 0 Å². The van der Waals surface area contributed by atoms with Gasteiger partial charge >= 0.3 is 0 Å². The van der Waals surface area contributed by atoms with E-state index < -0.39 is 0 Å². The Kier molecular flexibility index (Phi) is 3.04. The van der Waals surface area contributed by atoms with Gasteiger partial charge in [-0.15, -0.1) is 0 Å². The van der Waals surface area contributed by atoms with Gasteiger partial charge in [-0.25, -0.2) is 0 Å². The van der Waals surface area contributed by atoms with E-state index in [-0.39, 0.29) is 11.5 Å². The molecule has 0 saturated heterocycles. The van der Waals surface area contributed by atoms with Gasteiger partial charge in [-0.2, -0.15) is 0 Å². The van der Waals surface area contributed by atoms with Crippen LogP contribution in [-0.4, -0.2) is 13.7 Å². The van der Waals surface area contributed by atoms with E-state index in [9.17, 15) is 0 Å². The molecule has 0 saturated carbocycles. The van der Waals surface area contributed by atoms with E-state index in [1.54, 1.807) is 7.11 Å². The SMILES string of the molecule is COCC(C)(C)c1cccc2c1CCC2N. The number of rotatable bonds is 3. The van der Waals surface area contributed by atoms with Crippen molar-refractivity contribution in [3.63, 3.8) is 0 Å². The van der Waals surface area contributed by atoms with Crippen molar-refractivity contribution >= 4 is 0 Å². The van der Waals surface area contributed by atoms with Crippen LogP contribution >= 0.6 is 0 Å². The molecule has 1 unspecified atom stereocenters. The molecule has 0 bridgehead atoms. The Morgan fingerprint density at radius 3 is 2.88 bits per heavy atom. The van der Waals surface area contributed by atoms with Crippen molar-refractivity contribution in [2.45, 2.75) is 38.1 Å². The van der Waals surface area contributed by atoms with Crippen molar-refractivity contribution in [1.82, 2.24) is 0 Å². The van der Waals surface area contributed by atoms with Gasteiger partial charge in [0.2, 0.25) is 0 Å². The van der Waals surface area contributed by atoms with E-state index in [1.165, 1.54) is 16.7 Å². The lowest BCUT2D eigenvalue weighted by Crippen LogP contribution is -2.25. The summed E-state index contributed by atoms with van der Waals surface area (Å²) in [6.07, 6.45) is 2.19. The molecule has 0 heterocycles. The Morgan fingerprint density at radius 2 is 2.19 bits per heavy atom. The normalized spacial score (nSPS) is 19.9. The summed E-state index contributed by atoms with van der Waals surface area (Å²) in [7, 11) is 1.76. The van der Waals surface area contributed by atoms with E-state index in [1.807, 2.05) is 0 Å². The first-order chi connectivity index (χ1) is 7.56. The molecule has 0 spiro atoms. The van der Waals surface area contributed by atoms with Gasteiger partial charge < -0.3 is 10.5 Å². The highest BCUT2D eigenvalue weighted by molar-refractivity contribution is 5.44. The third-order valence-electron chi connectivity index (χ3n) is 3.55. The van der Waals surface area contributed by atoms with E-state index in [2.05, 4.69) is 32.0 Å². The second-order valence-electron chi connectivity index (χ2n) is 5.34. The Labute approximate surface area is 97.8 Å². The van der Waals surface area contributed by atoms with Gasteiger partial charge in [-0.3, -0.25) is 0 Å². The maximum absolute atomic E-state index is 6.10. The molecule has 2 heteroatoms. The second-order valence-corrected chi connectivity index (χ2v) is 5.34. The molecule has 2 N–H and O–H groups in total. The van der Waals surface area contributed by atoms with Gasteiger partial charge in [-0.1, -0.05) is 32.0 Å². The Balaban J connectivity index is 2.43. The zero-order valence-electron chi connectivity index (χ0n) is 10.4. The van der Waals surface area contributed by atoms with Crippen LogP contribution in [0.4, 0.5) is 0 Å². The summed E-state index contributed by atoms with van der Waals surface area (Å²) < 4.78 is 5.32. The summed E-state index contributed by atoms with van der Waals surface area (Å²) in [5, 5.41) is 0. The topological polar surface area (TPSA) is 35.2 Å². The molecule has 16 heavy (non-hydrogen) atoms. The Hall–Kier alpha value is -0.860. The monoisotopic (exact) mass is 219 g/mol. The minimum absolute atomic E-state index is 0.0736. The zero-order chi connectivity index (χ0) is 11.8. The number of methoxy groups -OCH3 is 1. The fraction of sp³-hybridized carbons (Fsp3) is 0.571. The number of hydrogen-bond acceptors (Lipinski definition) is 2. The third-order valence-corrected chi connectivity index (χ3v) is 3.55. The molecule has 0 amide bonds. The van der Waals surface area contributed by atoms with Crippen LogP contribution in [0.1, 0.15) is 43.0 Å². The van der Waals surface area contributed by atoms with Crippen molar-refractivity contribution in [2.24, 2.45) is 5.73 Å². The number of hydrogen-bond donors (Lipinski definition) is 1. The first kappa shape index (κ1) is 11.6. The first-order valence-electron chi connectivity index (χ1n) is 5.93. The van der Waals surface area contributed by atoms with Gasteiger partial charge in [0.05, 0.1) is 6.61 Å². The number of nitrogens with two attached hydrogens (primary N) is 1. The molecule has 0 aliphatic heterocycles. The van der Waals surface area contributed by atoms with Gasteiger partial charge in [0.15, 0.2) is 0 Å². The second kappa shape index (κ2) is 4.19. The van der Waals surface area contributed by atoms with Gasteiger partial charge in [0.25, 0.3) is 0 Å². The summed E-state index contributed by atoms with van der Waals surface area (Å²) in [4.78, 5) is 0. The molecule has 2 rings (SSSR count). The van der Waals surface area contributed by atoms with Crippen LogP contribution in [0.2, 0.25) is 0 Å². The van der Waals surface area contributed by atoms with Crippen molar-refractivity contribution in [1.29, 1.82) is 0 Å². The predicted octanol–water partition coefficient (Wildman–Crippen LogP) is 2.56. The van der Waals surface area contributed by atoms with Crippen LogP contribution in [0.15, 0.2) is 18.2 Å². The zero-order valence-corrected chi connectivity index (χ0v) is 10.4. The number of benzene rings is 1. The van der Waals surface area contributed by atoms with Crippen molar-refractivity contribution in [3.05, 3.63) is 34.9 Å². The van der Waals surface area contributed by atoms with Crippen molar-refractivity contribution in [3.8, 4) is 0 Å². The van der Waals surface area contributed by atoms with Gasteiger partial charge in [0.1, 0.15) is 0 Å². The van der Waals surface area contributed by atoms with E-state index >= 15 is 0 Å². The third kappa shape index (κ3) is 1.87. The molecule has 1 aromatic carbocycles. The maximum atomic E-state index is 6.10. The molecule has 1 atom stereocenters. The highest BCUT2D eigenvalue weighted by Gasteiger charge is 2.29. The lowest BCUT2D eigenvalue weighted by Gasteiger charge is -2.27. The molecule has 1 aromatic rings. The summed E-state index contributed by atoms with van der Waals surface area (Å²) in [6, 6.07) is 6.74. The largest absolute Gasteiger partial charge is 0.384 e. The van der Waals surface area contributed by atoms with Crippen LogP contribution in [0.5, 0.6) is 0 Å². The van der Waals surface area contributed by atoms with Crippen LogP contribution in [-0.2, 0) is 16.6 Å². The van der Waals surface area contributed by atoms with E-state index in [0.29, 0.717) is 0 Å². The summed E-state index contributed by atoms with van der Waals surface area (Å²) in [5.41, 5.74) is 10.4. The highest BCUT2D eigenvalue weighted by Crippen LogP contribution is 2.37. The van der Waals surface area contributed by atoms with Crippen LogP contribution < -0.4 is 5.73 Å². The molecular formula is C14H21NO. The minimum Gasteiger partial charge on any atom is -0.384 e. The predicted molar refractivity (Wildman–Crippen MR) is 66.6 cm³/mol. The van der Waals surface area contributed by atoms with E-state index in [4.69, 9.17) is 10.5 Å². The van der Waals surface area contributed by atoms with Gasteiger partial charge in [-0.05, 0) is 29.5 Å². The summed E-state index contributed by atoms with van der Waals surface area (Å²) in [6.45, 7) is 5.21. The summed E-state index contributed by atoms with van der Waals surface area (Å²) in [5.74, 6) is 0. The fourth-order valence-electron chi connectivity index (χ4n) is 2.76. The lowest BCUT2D eigenvalue weighted by molar-refractivity contribution is 0.146. The molecule has 1 aliphatic carbocycles. The Morgan fingerprint density at radius 1 is 1.44 bits per heavy atom. The minimum atomic E-state index is 0.0736. The Bertz CT molecular complexity index is 384. The fourth-order valence-corrected chi connectivity index (χ4v) is 2.76. The smallest absolute Gasteiger partial charge is 0.0553 e. The van der Waals surface area contributed by atoms with Crippen molar-refractivity contribution in [2.75, 3.05) is 13.7 Å². The first-order valence-corrected chi connectivity index (χ1v) is 5.93. The van der Waals surface area contributed by atoms with Crippen LogP contribution in [0.25, 0.3) is 0 Å². The maximum Gasteiger partial charge on any atom is 0.0553 e. The molecule has 1 aliphatic rings. The number of ether oxygens (including phenoxy) is 1. The number of fused-ring (bicyclic) bond motifs is 1. The average Bonchev–Trinajstić information content (AvgIpc) is 2.60. The van der Waals surface area contributed by atoms with E-state index in [0.717, 1.165) is 19.4 Å². The summed E-state index contributed by atoms with van der Waals surface area (Å²) >= 11 is 0. The highest BCUT2D eigenvalue weighted by atomic mass is 16.5. The quantitative estimate of drug-likeness (QED) is 0.848. The standard InChI is InChI=1S/C14H21NO/c1-14(2,9-16-3)12-6-4-5-11-10(12)7-8-13(11)15/h4-6,13H,7-9,15H2,1-3H3. The molecule has 0 aromatic heterocycles. The molecule has 2 nitrogen and oxygen atoms in total. The molecule has 0 fully saturated rings. The van der Waals surface area contributed by atoms with Crippen molar-refractivity contribution < 1.29 is 4.74 Å². The molecule has 0 radical (unpaired) electrons.